The SMILES string of the molecule is Cc1cc(C)n(Cc2cccc(C(=O)N(C)CC(=O)Nc3cccc(C)c3C)c2)n1. The zero-order valence-electron chi connectivity index (χ0n) is 18.2. The molecule has 3 rings (SSSR count). The summed E-state index contributed by atoms with van der Waals surface area (Å²) in [5.74, 6) is -0.417. The Morgan fingerprint density at radius 3 is 2.47 bits per heavy atom. The summed E-state index contributed by atoms with van der Waals surface area (Å²) in [5.41, 5.74) is 6.48. The van der Waals surface area contributed by atoms with Crippen molar-refractivity contribution in [3.63, 3.8) is 0 Å². The van der Waals surface area contributed by atoms with E-state index in [0.29, 0.717) is 12.1 Å². The Kier molecular flexibility index (Phi) is 6.35. The van der Waals surface area contributed by atoms with Gasteiger partial charge in [0.05, 0.1) is 18.8 Å². The summed E-state index contributed by atoms with van der Waals surface area (Å²) in [6.45, 7) is 8.51. The summed E-state index contributed by atoms with van der Waals surface area (Å²) in [7, 11) is 1.64. The number of anilines is 1. The second-order valence-electron chi connectivity index (χ2n) is 7.74. The van der Waals surface area contributed by atoms with Gasteiger partial charge >= 0.3 is 0 Å². The summed E-state index contributed by atoms with van der Waals surface area (Å²) >= 11 is 0. The molecular weight excluding hydrogens is 376 g/mol. The number of aryl methyl sites for hydroxylation is 3. The largest absolute Gasteiger partial charge is 0.332 e. The first-order valence-corrected chi connectivity index (χ1v) is 9.96. The number of nitrogens with zero attached hydrogens (tertiary/aromatic N) is 3. The van der Waals surface area contributed by atoms with Gasteiger partial charge in [-0.05, 0) is 68.7 Å². The molecule has 2 aromatic carbocycles. The molecule has 6 nitrogen and oxygen atoms in total. The van der Waals surface area contributed by atoms with E-state index >= 15 is 0 Å². The van der Waals surface area contributed by atoms with E-state index in [9.17, 15) is 9.59 Å². The maximum atomic E-state index is 12.9. The number of aromatic nitrogens is 2. The van der Waals surface area contributed by atoms with Crippen LogP contribution in [0.2, 0.25) is 0 Å². The molecular formula is C24H28N4O2. The average Bonchev–Trinajstić information content (AvgIpc) is 3.01. The van der Waals surface area contributed by atoms with Crippen LogP contribution in [-0.2, 0) is 11.3 Å². The van der Waals surface area contributed by atoms with Crippen LogP contribution in [0.1, 0.15) is 38.4 Å². The lowest BCUT2D eigenvalue weighted by Gasteiger charge is -2.18. The van der Waals surface area contributed by atoms with Crippen LogP contribution < -0.4 is 5.32 Å². The van der Waals surface area contributed by atoms with Crippen molar-refractivity contribution in [1.29, 1.82) is 0 Å². The Bertz CT molecular complexity index is 1080. The van der Waals surface area contributed by atoms with Gasteiger partial charge in [0.2, 0.25) is 5.91 Å². The number of carbonyl (C=O) groups is 2. The standard InChI is InChI=1S/C24H28N4O2/c1-16-8-6-11-22(19(16)4)25-23(29)15-27(5)24(30)21-10-7-9-20(13-21)14-28-18(3)12-17(2)26-28/h6-13H,14-15H2,1-5H3,(H,25,29). The third-order valence-corrected chi connectivity index (χ3v) is 5.22. The zero-order chi connectivity index (χ0) is 21.8. The Labute approximate surface area is 177 Å². The van der Waals surface area contributed by atoms with Gasteiger partial charge in [0, 0.05) is 24.0 Å². The molecule has 0 bridgehead atoms. The zero-order valence-corrected chi connectivity index (χ0v) is 18.2. The predicted molar refractivity (Wildman–Crippen MR) is 119 cm³/mol. The number of nitrogens with one attached hydrogen (secondary N) is 1. The first-order chi connectivity index (χ1) is 14.2. The summed E-state index contributed by atoms with van der Waals surface area (Å²) in [4.78, 5) is 26.7. The first-order valence-electron chi connectivity index (χ1n) is 9.96. The van der Waals surface area contributed by atoms with Crippen molar-refractivity contribution >= 4 is 17.5 Å². The monoisotopic (exact) mass is 404 g/mol. The van der Waals surface area contributed by atoms with Crippen molar-refractivity contribution in [2.45, 2.75) is 34.2 Å². The fourth-order valence-corrected chi connectivity index (χ4v) is 3.39. The Hall–Kier alpha value is -3.41. The van der Waals surface area contributed by atoms with Crippen molar-refractivity contribution < 1.29 is 9.59 Å². The molecule has 0 aliphatic rings. The van der Waals surface area contributed by atoms with Crippen molar-refractivity contribution in [3.05, 3.63) is 82.2 Å². The summed E-state index contributed by atoms with van der Waals surface area (Å²) in [6.07, 6.45) is 0. The summed E-state index contributed by atoms with van der Waals surface area (Å²) in [5, 5.41) is 7.37. The number of carbonyl (C=O) groups excluding carboxylic acids is 2. The fourth-order valence-electron chi connectivity index (χ4n) is 3.39. The minimum Gasteiger partial charge on any atom is -0.332 e. The molecule has 2 amide bonds. The van der Waals surface area contributed by atoms with Crippen LogP contribution in [0.5, 0.6) is 0 Å². The molecule has 1 aromatic heterocycles. The molecule has 1 heterocycles. The number of likely N-dealkylation sites (N-methyl/N-ethyl adjacent to an activating group) is 1. The van der Waals surface area contributed by atoms with E-state index in [1.165, 1.54) is 4.90 Å². The quantitative estimate of drug-likeness (QED) is 0.678. The number of hydrogen-bond donors (Lipinski definition) is 1. The van der Waals surface area contributed by atoms with Gasteiger partial charge in [-0.15, -0.1) is 0 Å². The molecule has 0 saturated carbocycles. The van der Waals surface area contributed by atoms with E-state index < -0.39 is 0 Å². The molecule has 6 heteroatoms. The molecule has 0 atom stereocenters. The molecule has 0 aliphatic carbocycles. The highest BCUT2D eigenvalue weighted by molar-refractivity contribution is 5.99. The lowest BCUT2D eigenvalue weighted by Crippen LogP contribution is -2.35. The normalized spacial score (nSPS) is 10.7. The minimum atomic E-state index is -0.224. The van der Waals surface area contributed by atoms with E-state index in [1.54, 1.807) is 13.1 Å². The summed E-state index contributed by atoms with van der Waals surface area (Å²) < 4.78 is 1.92. The molecule has 0 spiro atoms. The first kappa shape index (κ1) is 21.3. The fraction of sp³-hybridized carbons (Fsp3) is 0.292. The molecule has 0 unspecified atom stereocenters. The third kappa shape index (κ3) is 4.95. The molecule has 156 valence electrons. The highest BCUT2D eigenvalue weighted by atomic mass is 16.2. The van der Waals surface area contributed by atoms with Crippen LogP contribution in [0.15, 0.2) is 48.5 Å². The smallest absolute Gasteiger partial charge is 0.254 e. The molecule has 1 N–H and O–H groups in total. The Morgan fingerprint density at radius 2 is 1.77 bits per heavy atom. The van der Waals surface area contributed by atoms with Crippen LogP contribution in [-0.4, -0.2) is 40.1 Å². The summed E-state index contributed by atoms with van der Waals surface area (Å²) in [6, 6.07) is 15.3. The van der Waals surface area contributed by atoms with Crippen LogP contribution in [0.25, 0.3) is 0 Å². The van der Waals surface area contributed by atoms with Gasteiger partial charge in [-0.2, -0.15) is 5.10 Å². The lowest BCUT2D eigenvalue weighted by molar-refractivity contribution is -0.116. The van der Waals surface area contributed by atoms with Gasteiger partial charge < -0.3 is 10.2 Å². The van der Waals surface area contributed by atoms with Crippen LogP contribution in [0.3, 0.4) is 0 Å². The van der Waals surface area contributed by atoms with E-state index in [-0.39, 0.29) is 18.4 Å². The molecule has 0 aliphatic heterocycles. The second kappa shape index (κ2) is 8.95. The molecule has 0 fully saturated rings. The van der Waals surface area contributed by atoms with Gasteiger partial charge in [0.15, 0.2) is 0 Å². The van der Waals surface area contributed by atoms with Crippen LogP contribution >= 0.6 is 0 Å². The van der Waals surface area contributed by atoms with Crippen LogP contribution in [0.4, 0.5) is 5.69 Å². The minimum absolute atomic E-state index is 0.0199. The van der Waals surface area contributed by atoms with Crippen molar-refractivity contribution in [2.75, 3.05) is 18.9 Å². The molecule has 3 aromatic rings. The molecule has 0 radical (unpaired) electrons. The maximum absolute atomic E-state index is 12.9. The number of rotatable bonds is 6. The van der Waals surface area contributed by atoms with Crippen molar-refractivity contribution in [2.24, 2.45) is 0 Å². The van der Waals surface area contributed by atoms with E-state index in [2.05, 4.69) is 10.4 Å². The van der Waals surface area contributed by atoms with E-state index in [1.807, 2.05) is 74.8 Å². The molecule has 0 saturated heterocycles. The van der Waals surface area contributed by atoms with Crippen LogP contribution in [0, 0.1) is 27.7 Å². The van der Waals surface area contributed by atoms with Gasteiger partial charge in [0.1, 0.15) is 0 Å². The number of hydrogen-bond acceptors (Lipinski definition) is 3. The highest BCUT2D eigenvalue weighted by Crippen LogP contribution is 2.18. The Morgan fingerprint density at radius 1 is 1.03 bits per heavy atom. The van der Waals surface area contributed by atoms with Crippen molar-refractivity contribution in [1.82, 2.24) is 14.7 Å². The number of amides is 2. The lowest BCUT2D eigenvalue weighted by atomic mass is 10.1. The second-order valence-corrected chi connectivity index (χ2v) is 7.74. The highest BCUT2D eigenvalue weighted by Gasteiger charge is 2.16. The average molecular weight is 405 g/mol. The van der Waals surface area contributed by atoms with Gasteiger partial charge in [-0.25, -0.2) is 0 Å². The maximum Gasteiger partial charge on any atom is 0.254 e. The Balaban J connectivity index is 1.66. The van der Waals surface area contributed by atoms with Gasteiger partial charge in [-0.1, -0.05) is 24.3 Å². The van der Waals surface area contributed by atoms with Gasteiger partial charge in [0.25, 0.3) is 5.91 Å². The molecule has 30 heavy (non-hydrogen) atoms. The topological polar surface area (TPSA) is 67.2 Å². The third-order valence-electron chi connectivity index (χ3n) is 5.22. The predicted octanol–water partition coefficient (Wildman–Crippen LogP) is 3.88. The number of benzene rings is 2. The van der Waals surface area contributed by atoms with E-state index in [0.717, 1.165) is 33.8 Å². The van der Waals surface area contributed by atoms with Crippen molar-refractivity contribution in [3.8, 4) is 0 Å². The van der Waals surface area contributed by atoms with Gasteiger partial charge in [-0.3, -0.25) is 14.3 Å². The van der Waals surface area contributed by atoms with E-state index in [4.69, 9.17) is 0 Å².